The van der Waals surface area contributed by atoms with Crippen LogP contribution < -0.4 is 0 Å². The monoisotopic (exact) mass is 368 g/mol. The lowest BCUT2D eigenvalue weighted by molar-refractivity contribution is -0.108. The molecule has 0 aromatic carbocycles. The molecular weight excluding hydrogens is 344 g/mol. The third kappa shape index (κ3) is 3.55. The van der Waals surface area contributed by atoms with Crippen LogP contribution in [0.25, 0.3) is 0 Å². The summed E-state index contributed by atoms with van der Waals surface area (Å²) in [7, 11) is -3.38. The summed E-state index contributed by atoms with van der Waals surface area (Å²) in [6, 6.07) is 0.0992. The number of hydrogen-bond acceptors (Lipinski definition) is 3. The van der Waals surface area contributed by atoms with E-state index >= 15 is 0 Å². The van der Waals surface area contributed by atoms with Gasteiger partial charge in [0.05, 0.1) is 11.7 Å². The number of hydrogen-bond donors (Lipinski definition) is 0. The van der Waals surface area contributed by atoms with E-state index in [1.807, 2.05) is 20.8 Å². The SMILES string of the molecule is CC1CCCCN1S(=O)(=O)N1CC(CBr)OC(C)(C)C1. The first-order valence-electron chi connectivity index (χ1n) is 7.27. The molecule has 0 amide bonds. The van der Waals surface area contributed by atoms with Crippen LogP contribution in [-0.2, 0) is 14.9 Å². The van der Waals surface area contributed by atoms with Crippen LogP contribution in [0.5, 0.6) is 0 Å². The molecule has 0 spiro atoms. The van der Waals surface area contributed by atoms with Gasteiger partial charge in [-0.15, -0.1) is 0 Å². The Labute approximate surface area is 131 Å². The van der Waals surface area contributed by atoms with Gasteiger partial charge in [0, 0.05) is 31.0 Å². The Morgan fingerprint density at radius 1 is 1.35 bits per heavy atom. The normalized spacial score (nSPS) is 33.2. The smallest absolute Gasteiger partial charge is 0.282 e. The Hall–Kier alpha value is 0.310. The van der Waals surface area contributed by atoms with E-state index < -0.39 is 15.8 Å². The van der Waals surface area contributed by atoms with Crippen LogP contribution in [0.2, 0.25) is 0 Å². The first kappa shape index (κ1) is 16.7. The van der Waals surface area contributed by atoms with Crippen LogP contribution in [0.15, 0.2) is 0 Å². The van der Waals surface area contributed by atoms with Gasteiger partial charge in [-0.25, -0.2) is 0 Å². The van der Waals surface area contributed by atoms with Gasteiger partial charge in [-0.05, 0) is 33.6 Å². The minimum Gasteiger partial charge on any atom is -0.369 e. The lowest BCUT2D eigenvalue weighted by atomic mass is 10.1. The lowest BCUT2D eigenvalue weighted by Gasteiger charge is -2.44. The van der Waals surface area contributed by atoms with Crippen LogP contribution in [0.3, 0.4) is 0 Å². The number of halogens is 1. The zero-order valence-corrected chi connectivity index (χ0v) is 14.9. The number of rotatable bonds is 3. The Balaban J connectivity index is 2.19. The highest BCUT2D eigenvalue weighted by Gasteiger charge is 2.42. The molecule has 5 nitrogen and oxygen atoms in total. The summed E-state index contributed by atoms with van der Waals surface area (Å²) in [5, 5.41) is 0.651. The maximum absolute atomic E-state index is 12.9. The van der Waals surface area contributed by atoms with Crippen LogP contribution >= 0.6 is 15.9 Å². The molecule has 2 heterocycles. The van der Waals surface area contributed by atoms with Crippen molar-refractivity contribution in [1.29, 1.82) is 0 Å². The van der Waals surface area contributed by atoms with Crippen LogP contribution in [0.1, 0.15) is 40.0 Å². The number of alkyl halides is 1. The second-order valence-electron chi connectivity index (χ2n) is 6.41. The molecular formula is C13H25BrN2O3S. The van der Waals surface area contributed by atoms with Crippen LogP contribution in [0.4, 0.5) is 0 Å². The maximum Gasteiger partial charge on any atom is 0.282 e. The van der Waals surface area contributed by atoms with Gasteiger partial charge in [0.15, 0.2) is 0 Å². The van der Waals surface area contributed by atoms with Crippen molar-refractivity contribution in [1.82, 2.24) is 8.61 Å². The predicted octanol–water partition coefficient (Wildman–Crippen LogP) is 1.98. The van der Waals surface area contributed by atoms with Gasteiger partial charge in [0.1, 0.15) is 0 Å². The second-order valence-corrected chi connectivity index (χ2v) is 8.94. The van der Waals surface area contributed by atoms with Gasteiger partial charge in [-0.1, -0.05) is 22.4 Å². The second kappa shape index (κ2) is 6.20. The van der Waals surface area contributed by atoms with Crippen molar-refractivity contribution in [3.05, 3.63) is 0 Å². The molecule has 0 aliphatic carbocycles. The Bertz CT molecular complexity index is 441. The standard InChI is InChI=1S/C13H25BrN2O3S/c1-11-6-4-5-7-16(11)20(17,18)15-9-12(8-14)19-13(2,3)10-15/h11-12H,4-10H2,1-3H3. The summed E-state index contributed by atoms with van der Waals surface area (Å²) in [5.41, 5.74) is -0.442. The van der Waals surface area contributed by atoms with Crippen LogP contribution in [-0.4, -0.2) is 59.7 Å². The van der Waals surface area contributed by atoms with E-state index in [9.17, 15) is 8.42 Å². The third-order valence-corrected chi connectivity index (χ3v) is 6.77. The van der Waals surface area contributed by atoms with E-state index in [0.717, 1.165) is 19.3 Å². The van der Waals surface area contributed by atoms with Gasteiger partial charge in [0.25, 0.3) is 10.2 Å². The average molecular weight is 369 g/mol. The minimum atomic E-state index is -3.38. The van der Waals surface area contributed by atoms with Crippen molar-refractivity contribution >= 4 is 26.1 Å². The summed E-state index contributed by atoms with van der Waals surface area (Å²) >= 11 is 3.40. The largest absolute Gasteiger partial charge is 0.369 e. The maximum atomic E-state index is 12.9. The molecule has 20 heavy (non-hydrogen) atoms. The van der Waals surface area contributed by atoms with Crippen molar-refractivity contribution in [3.8, 4) is 0 Å². The molecule has 0 saturated carbocycles. The highest BCUT2D eigenvalue weighted by Crippen LogP contribution is 2.28. The zero-order chi connectivity index (χ0) is 15.0. The van der Waals surface area contributed by atoms with Gasteiger partial charge in [-0.2, -0.15) is 17.0 Å². The molecule has 0 aromatic rings. The highest BCUT2D eigenvalue weighted by molar-refractivity contribution is 9.09. The predicted molar refractivity (Wildman–Crippen MR) is 83.3 cm³/mol. The molecule has 2 aliphatic rings. The Kier molecular flexibility index (Phi) is 5.17. The van der Waals surface area contributed by atoms with Crippen molar-refractivity contribution in [3.63, 3.8) is 0 Å². The van der Waals surface area contributed by atoms with Crippen molar-refractivity contribution in [2.24, 2.45) is 0 Å². The molecule has 0 N–H and O–H groups in total. The topological polar surface area (TPSA) is 49.9 Å². The molecule has 2 fully saturated rings. The van der Waals surface area contributed by atoms with Crippen molar-refractivity contribution in [2.45, 2.75) is 57.8 Å². The lowest BCUT2D eigenvalue weighted by Crippen LogP contribution is -2.59. The molecule has 7 heteroatoms. The molecule has 0 radical (unpaired) electrons. The Morgan fingerprint density at radius 2 is 2.05 bits per heavy atom. The van der Waals surface area contributed by atoms with E-state index in [2.05, 4.69) is 15.9 Å². The van der Waals surface area contributed by atoms with E-state index in [1.165, 1.54) is 0 Å². The number of ether oxygens (including phenoxy) is 1. The fourth-order valence-corrected chi connectivity index (χ4v) is 5.44. The molecule has 2 aliphatic heterocycles. The fraction of sp³-hybridized carbons (Fsp3) is 1.00. The summed E-state index contributed by atoms with van der Waals surface area (Å²) < 4.78 is 34.9. The molecule has 0 bridgehead atoms. The first-order chi connectivity index (χ1) is 9.26. The zero-order valence-electron chi connectivity index (χ0n) is 12.5. The molecule has 118 valence electrons. The van der Waals surface area contributed by atoms with E-state index in [0.29, 0.717) is 25.0 Å². The fourth-order valence-electron chi connectivity index (χ4n) is 3.06. The quantitative estimate of drug-likeness (QED) is 0.715. The number of morpholine rings is 1. The summed E-state index contributed by atoms with van der Waals surface area (Å²) in [6.45, 7) is 7.39. The molecule has 2 unspecified atom stereocenters. The van der Waals surface area contributed by atoms with Gasteiger partial charge in [0.2, 0.25) is 0 Å². The number of piperidine rings is 1. The third-order valence-electron chi connectivity index (χ3n) is 3.99. The average Bonchev–Trinajstić information content (AvgIpc) is 2.37. The number of nitrogens with zero attached hydrogens (tertiary/aromatic N) is 2. The summed E-state index contributed by atoms with van der Waals surface area (Å²) in [5.74, 6) is 0. The van der Waals surface area contributed by atoms with E-state index in [1.54, 1.807) is 8.61 Å². The van der Waals surface area contributed by atoms with E-state index in [4.69, 9.17) is 4.74 Å². The molecule has 2 atom stereocenters. The summed E-state index contributed by atoms with van der Waals surface area (Å²) in [6.07, 6.45) is 2.94. The van der Waals surface area contributed by atoms with Gasteiger partial charge in [-0.3, -0.25) is 0 Å². The molecule has 0 aromatic heterocycles. The van der Waals surface area contributed by atoms with Crippen LogP contribution in [0, 0.1) is 0 Å². The Morgan fingerprint density at radius 3 is 2.65 bits per heavy atom. The van der Waals surface area contributed by atoms with Gasteiger partial charge >= 0.3 is 0 Å². The molecule has 2 rings (SSSR count). The minimum absolute atomic E-state index is 0.0892. The highest BCUT2D eigenvalue weighted by atomic mass is 79.9. The van der Waals surface area contributed by atoms with Crippen molar-refractivity contribution in [2.75, 3.05) is 25.0 Å². The molecule has 2 saturated heterocycles. The van der Waals surface area contributed by atoms with Crippen molar-refractivity contribution < 1.29 is 13.2 Å². The first-order valence-corrected chi connectivity index (χ1v) is 9.79. The van der Waals surface area contributed by atoms with Gasteiger partial charge < -0.3 is 4.74 Å². The summed E-state index contributed by atoms with van der Waals surface area (Å²) in [4.78, 5) is 0. The van der Waals surface area contributed by atoms with E-state index in [-0.39, 0.29) is 12.1 Å².